The lowest BCUT2D eigenvalue weighted by Crippen LogP contribution is -2.23. The third-order valence-corrected chi connectivity index (χ3v) is 3.24. The van der Waals surface area contributed by atoms with E-state index in [9.17, 15) is 4.79 Å². The summed E-state index contributed by atoms with van der Waals surface area (Å²) < 4.78 is 2.01. The first-order valence-corrected chi connectivity index (χ1v) is 5.88. The average molecular weight is 246 g/mol. The van der Waals surface area contributed by atoms with E-state index in [-0.39, 0.29) is 11.3 Å². The molecule has 1 unspecified atom stereocenters. The van der Waals surface area contributed by atoms with Crippen LogP contribution in [0.2, 0.25) is 0 Å². The predicted octanol–water partition coefficient (Wildman–Crippen LogP) is 1.92. The molecular formula is C13H14N2OS. The van der Waals surface area contributed by atoms with Gasteiger partial charge in [-0.1, -0.05) is 31.3 Å². The third-order valence-electron chi connectivity index (χ3n) is 2.84. The Labute approximate surface area is 105 Å². The number of rotatable bonds is 3. The highest BCUT2D eigenvalue weighted by atomic mass is 32.1. The van der Waals surface area contributed by atoms with Gasteiger partial charge in [0.15, 0.2) is 5.43 Å². The highest BCUT2D eigenvalue weighted by molar-refractivity contribution is 7.80. The average Bonchev–Trinajstić information content (AvgIpc) is 2.33. The van der Waals surface area contributed by atoms with E-state index in [0.29, 0.717) is 11.5 Å². The number of thiocarbonyl (C=S) groups is 1. The van der Waals surface area contributed by atoms with Gasteiger partial charge in [-0.25, -0.2) is 0 Å². The molecule has 0 aliphatic heterocycles. The topological polar surface area (TPSA) is 48.0 Å². The molecule has 1 aromatic heterocycles. The third kappa shape index (κ3) is 2.36. The Morgan fingerprint density at radius 2 is 2.12 bits per heavy atom. The van der Waals surface area contributed by atoms with Crippen LogP contribution in [0.15, 0.2) is 41.3 Å². The van der Waals surface area contributed by atoms with Crippen LogP contribution < -0.4 is 11.2 Å². The lowest BCUT2D eigenvalue weighted by Gasteiger charge is -2.15. The predicted molar refractivity (Wildman–Crippen MR) is 74.2 cm³/mol. The zero-order valence-electron chi connectivity index (χ0n) is 9.59. The molecule has 1 atom stereocenters. The summed E-state index contributed by atoms with van der Waals surface area (Å²) in [5.74, 6) is 0.107. The van der Waals surface area contributed by atoms with E-state index in [0.717, 1.165) is 10.9 Å². The summed E-state index contributed by atoms with van der Waals surface area (Å²) in [5, 5.41) is 0.727. The lowest BCUT2D eigenvalue weighted by molar-refractivity contribution is 0.612. The minimum absolute atomic E-state index is 0.0415. The molecule has 2 aromatic rings. The lowest BCUT2D eigenvalue weighted by atomic mass is 10.1. The van der Waals surface area contributed by atoms with Gasteiger partial charge in [0.1, 0.15) is 0 Å². The Morgan fingerprint density at radius 1 is 1.41 bits per heavy atom. The van der Waals surface area contributed by atoms with E-state index < -0.39 is 0 Å². The molecule has 2 rings (SSSR count). The number of nitrogens with two attached hydrogens (primary N) is 1. The molecule has 1 aromatic carbocycles. The molecule has 0 aliphatic rings. The van der Waals surface area contributed by atoms with Gasteiger partial charge in [-0.2, -0.15) is 0 Å². The molecule has 0 fully saturated rings. The summed E-state index contributed by atoms with van der Waals surface area (Å²) >= 11 is 4.97. The van der Waals surface area contributed by atoms with Gasteiger partial charge in [0, 0.05) is 30.1 Å². The van der Waals surface area contributed by atoms with Crippen LogP contribution in [0.25, 0.3) is 10.9 Å². The number of pyridine rings is 1. The summed E-state index contributed by atoms with van der Waals surface area (Å²) in [6.07, 6.45) is 1.79. The van der Waals surface area contributed by atoms with E-state index >= 15 is 0 Å². The number of fused-ring (bicyclic) bond motifs is 1. The number of benzene rings is 1. The summed E-state index contributed by atoms with van der Waals surface area (Å²) in [7, 11) is 0. The van der Waals surface area contributed by atoms with Crippen molar-refractivity contribution in [2.75, 3.05) is 0 Å². The van der Waals surface area contributed by atoms with Gasteiger partial charge in [-0.05, 0) is 12.1 Å². The quantitative estimate of drug-likeness (QED) is 0.842. The molecule has 2 N–H and O–H groups in total. The summed E-state index contributed by atoms with van der Waals surface area (Å²) in [5.41, 5.74) is 6.58. The zero-order valence-corrected chi connectivity index (χ0v) is 10.4. The second kappa shape index (κ2) is 4.67. The number of para-hydroxylation sites is 1. The van der Waals surface area contributed by atoms with Crippen molar-refractivity contribution in [2.24, 2.45) is 11.7 Å². The van der Waals surface area contributed by atoms with Gasteiger partial charge in [-0.15, -0.1) is 0 Å². The van der Waals surface area contributed by atoms with Crippen LogP contribution in [-0.4, -0.2) is 9.56 Å². The molecule has 0 aliphatic carbocycles. The van der Waals surface area contributed by atoms with Crippen LogP contribution in [0.4, 0.5) is 0 Å². The van der Waals surface area contributed by atoms with Gasteiger partial charge in [0.25, 0.3) is 0 Å². The van der Waals surface area contributed by atoms with Crippen LogP contribution in [-0.2, 0) is 6.54 Å². The standard InChI is InChI=1S/C13H14N2OS/c1-9(13(14)17)8-15-7-6-12(16)10-4-2-3-5-11(10)15/h2-7,9H,8H2,1H3,(H2,14,17). The van der Waals surface area contributed by atoms with Gasteiger partial charge in [-0.3, -0.25) is 4.79 Å². The number of nitrogens with zero attached hydrogens (tertiary/aromatic N) is 1. The number of aromatic nitrogens is 1. The molecule has 4 heteroatoms. The highest BCUT2D eigenvalue weighted by Gasteiger charge is 2.08. The SMILES string of the molecule is CC(Cn1ccc(=O)c2ccccc21)C(N)=S. The van der Waals surface area contributed by atoms with Crippen LogP contribution in [0.3, 0.4) is 0 Å². The van der Waals surface area contributed by atoms with Crippen molar-refractivity contribution in [1.29, 1.82) is 0 Å². The van der Waals surface area contributed by atoms with E-state index in [1.807, 2.05) is 35.8 Å². The van der Waals surface area contributed by atoms with Gasteiger partial charge in [0.2, 0.25) is 0 Å². The smallest absolute Gasteiger partial charge is 0.189 e. The van der Waals surface area contributed by atoms with E-state index in [1.165, 1.54) is 0 Å². The maximum Gasteiger partial charge on any atom is 0.189 e. The Kier molecular flexibility index (Phi) is 3.24. The molecule has 0 saturated carbocycles. The molecule has 0 radical (unpaired) electrons. The van der Waals surface area contributed by atoms with Crippen LogP contribution in [0.5, 0.6) is 0 Å². The van der Waals surface area contributed by atoms with Crippen molar-refractivity contribution >= 4 is 28.1 Å². The fourth-order valence-corrected chi connectivity index (χ4v) is 1.88. The van der Waals surface area contributed by atoms with Crippen LogP contribution in [0, 0.1) is 5.92 Å². The molecule has 88 valence electrons. The number of hydrogen-bond acceptors (Lipinski definition) is 2. The summed E-state index contributed by atoms with van der Waals surface area (Å²) in [4.78, 5) is 12.2. The summed E-state index contributed by atoms with van der Waals surface area (Å²) in [6, 6.07) is 9.13. The Morgan fingerprint density at radius 3 is 2.82 bits per heavy atom. The molecule has 3 nitrogen and oxygen atoms in total. The fourth-order valence-electron chi connectivity index (χ4n) is 1.80. The first-order valence-electron chi connectivity index (χ1n) is 5.47. The Balaban J connectivity index is 2.52. The second-order valence-electron chi connectivity index (χ2n) is 4.15. The minimum atomic E-state index is 0.0415. The molecule has 0 spiro atoms. The van der Waals surface area contributed by atoms with Crippen molar-refractivity contribution < 1.29 is 0 Å². The van der Waals surface area contributed by atoms with Gasteiger partial charge >= 0.3 is 0 Å². The van der Waals surface area contributed by atoms with Crippen molar-refractivity contribution in [3.8, 4) is 0 Å². The molecule has 0 bridgehead atoms. The molecular weight excluding hydrogens is 232 g/mol. The van der Waals surface area contributed by atoms with Crippen molar-refractivity contribution in [1.82, 2.24) is 4.57 Å². The largest absolute Gasteiger partial charge is 0.393 e. The van der Waals surface area contributed by atoms with Crippen molar-refractivity contribution in [2.45, 2.75) is 13.5 Å². The fraction of sp³-hybridized carbons (Fsp3) is 0.231. The molecule has 17 heavy (non-hydrogen) atoms. The first-order chi connectivity index (χ1) is 8.09. The van der Waals surface area contributed by atoms with E-state index in [4.69, 9.17) is 18.0 Å². The molecule has 0 amide bonds. The Hall–Kier alpha value is -1.68. The maximum absolute atomic E-state index is 11.7. The van der Waals surface area contributed by atoms with Gasteiger partial charge in [0.05, 0.1) is 10.5 Å². The summed E-state index contributed by atoms with van der Waals surface area (Å²) in [6.45, 7) is 2.67. The van der Waals surface area contributed by atoms with Gasteiger partial charge < -0.3 is 10.3 Å². The molecule has 0 saturated heterocycles. The van der Waals surface area contributed by atoms with E-state index in [1.54, 1.807) is 12.3 Å². The van der Waals surface area contributed by atoms with Crippen LogP contribution >= 0.6 is 12.2 Å². The second-order valence-corrected chi connectivity index (χ2v) is 4.62. The monoisotopic (exact) mass is 246 g/mol. The zero-order chi connectivity index (χ0) is 12.4. The normalized spacial score (nSPS) is 12.5. The molecule has 1 heterocycles. The highest BCUT2D eigenvalue weighted by Crippen LogP contribution is 2.11. The maximum atomic E-state index is 11.7. The van der Waals surface area contributed by atoms with Crippen molar-refractivity contribution in [3.63, 3.8) is 0 Å². The Bertz CT molecular complexity index is 618. The number of hydrogen-bond donors (Lipinski definition) is 1. The van der Waals surface area contributed by atoms with E-state index in [2.05, 4.69) is 0 Å². The minimum Gasteiger partial charge on any atom is -0.393 e. The van der Waals surface area contributed by atoms with Crippen LogP contribution in [0.1, 0.15) is 6.92 Å². The van der Waals surface area contributed by atoms with Crippen molar-refractivity contribution in [3.05, 3.63) is 46.8 Å². The first kappa shape index (κ1) is 11.8.